The number of halogens is 3. The average molecular weight is 386 g/mol. The second-order valence-corrected chi connectivity index (χ2v) is 6.50. The van der Waals surface area contributed by atoms with E-state index < -0.39 is 11.7 Å². The molecule has 3 N–H and O–H groups in total. The first kappa shape index (κ1) is 18.2. The predicted molar refractivity (Wildman–Crippen MR) is 98.6 cm³/mol. The van der Waals surface area contributed by atoms with Crippen LogP contribution in [0.5, 0.6) is 0 Å². The van der Waals surface area contributed by atoms with Gasteiger partial charge >= 0.3 is 6.18 Å². The predicted octanol–water partition coefficient (Wildman–Crippen LogP) is 4.33. The van der Waals surface area contributed by atoms with Crippen molar-refractivity contribution in [1.29, 1.82) is 0 Å². The minimum atomic E-state index is -4.35. The smallest absolute Gasteiger partial charge is 0.361 e. The van der Waals surface area contributed by atoms with Gasteiger partial charge in [0.05, 0.1) is 5.56 Å². The van der Waals surface area contributed by atoms with Gasteiger partial charge in [-0.2, -0.15) is 18.2 Å². The summed E-state index contributed by atoms with van der Waals surface area (Å²) < 4.78 is 43.3. The third-order valence-corrected chi connectivity index (χ3v) is 4.54. The molecule has 2 heterocycles. The van der Waals surface area contributed by atoms with E-state index >= 15 is 0 Å². The van der Waals surface area contributed by atoms with Gasteiger partial charge < -0.3 is 15.2 Å². The van der Waals surface area contributed by atoms with E-state index in [2.05, 4.69) is 15.1 Å². The van der Waals surface area contributed by atoms with E-state index in [1.165, 1.54) is 12.1 Å². The van der Waals surface area contributed by atoms with Crippen LogP contribution in [0.4, 0.5) is 13.2 Å². The number of aromatic nitrogens is 3. The summed E-state index contributed by atoms with van der Waals surface area (Å²) in [4.78, 5) is 7.58. The quantitative estimate of drug-likeness (QED) is 0.535. The molecule has 2 aromatic heterocycles. The van der Waals surface area contributed by atoms with Gasteiger partial charge in [-0.25, -0.2) is 0 Å². The van der Waals surface area contributed by atoms with Crippen molar-refractivity contribution in [1.82, 2.24) is 15.1 Å². The van der Waals surface area contributed by atoms with Crippen molar-refractivity contribution in [3.63, 3.8) is 0 Å². The lowest BCUT2D eigenvalue weighted by Crippen LogP contribution is -2.04. The highest BCUT2D eigenvalue weighted by Gasteiger charge is 2.29. The monoisotopic (exact) mass is 386 g/mol. The lowest BCUT2D eigenvalue weighted by atomic mass is 10.1. The molecule has 0 radical (unpaired) electrons. The maximum absolute atomic E-state index is 12.7. The molecule has 0 unspecified atom stereocenters. The molecule has 8 heteroatoms. The van der Waals surface area contributed by atoms with Crippen LogP contribution in [0.2, 0.25) is 0 Å². The number of nitrogens with zero attached hydrogens (tertiary/aromatic N) is 2. The van der Waals surface area contributed by atoms with Crippen molar-refractivity contribution in [2.45, 2.75) is 19.0 Å². The molecule has 28 heavy (non-hydrogen) atoms. The number of rotatable bonds is 5. The fraction of sp³-hybridized carbons (Fsp3) is 0.200. The number of aromatic amines is 1. The van der Waals surface area contributed by atoms with Gasteiger partial charge in [-0.1, -0.05) is 17.3 Å². The summed E-state index contributed by atoms with van der Waals surface area (Å²) in [6.07, 6.45) is -1.37. The number of nitrogens with one attached hydrogen (secondary N) is 1. The Morgan fingerprint density at radius 3 is 2.57 bits per heavy atom. The number of alkyl halides is 3. The van der Waals surface area contributed by atoms with Crippen molar-refractivity contribution >= 4 is 10.9 Å². The Bertz CT molecular complexity index is 1100. The van der Waals surface area contributed by atoms with E-state index in [4.69, 9.17) is 10.3 Å². The fourth-order valence-electron chi connectivity index (χ4n) is 3.11. The highest BCUT2D eigenvalue weighted by molar-refractivity contribution is 5.87. The Kier molecular flexibility index (Phi) is 4.64. The molecule has 0 saturated heterocycles. The Hall–Kier alpha value is -3.13. The summed E-state index contributed by atoms with van der Waals surface area (Å²) in [7, 11) is 0. The number of nitrogens with two attached hydrogens (primary N) is 1. The van der Waals surface area contributed by atoms with Crippen molar-refractivity contribution in [2.24, 2.45) is 5.73 Å². The molecule has 0 fully saturated rings. The first-order valence-electron chi connectivity index (χ1n) is 8.73. The average Bonchev–Trinajstić information content (AvgIpc) is 3.29. The summed E-state index contributed by atoms with van der Waals surface area (Å²) in [6.45, 7) is 0.551. The summed E-state index contributed by atoms with van der Waals surface area (Å²) in [5.41, 5.74) is 8.53. The van der Waals surface area contributed by atoms with Gasteiger partial charge in [-0.05, 0) is 54.4 Å². The molecule has 5 nitrogen and oxygen atoms in total. The van der Waals surface area contributed by atoms with E-state index in [0.29, 0.717) is 23.8 Å². The van der Waals surface area contributed by atoms with Gasteiger partial charge in [-0.15, -0.1) is 0 Å². The van der Waals surface area contributed by atoms with Crippen LogP contribution in [0.25, 0.3) is 22.4 Å². The zero-order valence-corrected chi connectivity index (χ0v) is 14.8. The maximum atomic E-state index is 12.7. The summed E-state index contributed by atoms with van der Waals surface area (Å²) in [5.74, 6) is 0.773. The van der Waals surface area contributed by atoms with Crippen LogP contribution in [0.3, 0.4) is 0 Å². The third-order valence-electron chi connectivity index (χ3n) is 4.54. The molecule has 2 aromatic carbocycles. The Morgan fingerprint density at radius 2 is 1.86 bits per heavy atom. The topological polar surface area (TPSA) is 80.7 Å². The van der Waals surface area contributed by atoms with Gasteiger partial charge in [0.15, 0.2) is 5.82 Å². The molecule has 0 bridgehead atoms. The van der Waals surface area contributed by atoms with Crippen LogP contribution in [-0.4, -0.2) is 21.7 Å². The van der Waals surface area contributed by atoms with Gasteiger partial charge in [0.2, 0.25) is 0 Å². The molecule has 0 aliphatic heterocycles. The van der Waals surface area contributed by atoms with Crippen LogP contribution in [0, 0.1) is 0 Å². The standard InChI is InChI=1S/C20H17F3N4O/c21-20(22,23)15-4-1-12(2-5-15)9-18-26-19(28-27-18)13-3-6-17-16(10-13)14(7-8-24)11-25-17/h1-6,10-11,25H,7-9,24H2. The highest BCUT2D eigenvalue weighted by Crippen LogP contribution is 2.29. The van der Waals surface area contributed by atoms with Crippen LogP contribution in [0.1, 0.15) is 22.5 Å². The van der Waals surface area contributed by atoms with E-state index in [1.54, 1.807) is 0 Å². The lowest BCUT2D eigenvalue weighted by molar-refractivity contribution is -0.137. The first-order chi connectivity index (χ1) is 13.4. The van der Waals surface area contributed by atoms with Crippen molar-refractivity contribution in [3.05, 3.63) is 71.2 Å². The Morgan fingerprint density at radius 1 is 1.07 bits per heavy atom. The van der Waals surface area contributed by atoms with Gasteiger partial charge in [-0.3, -0.25) is 0 Å². The summed E-state index contributed by atoms with van der Waals surface area (Å²) in [5, 5.41) is 5.00. The van der Waals surface area contributed by atoms with E-state index in [1.807, 2.05) is 24.4 Å². The van der Waals surface area contributed by atoms with Crippen LogP contribution < -0.4 is 5.73 Å². The molecule has 0 aliphatic carbocycles. The minimum absolute atomic E-state index is 0.284. The van der Waals surface area contributed by atoms with Crippen molar-refractivity contribution < 1.29 is 17.7 Å². The van der Waals surface area contributed by atoms with Gasteiger partial charge in [0, 0.05) is 29.1 Å². The number of fused-ring (bicyclic) bond motifs is 1. The Labute approximate surface area is 158 Å². The van der Waals surface area contributed by atoms with Crippen LogP contribution in [0.15, 0.2) is 53.2 Å². The van der Waals surface area contributed by atoms with Gasteiger partial charge in [0.1, 0.15) is 0 Å². The molecular formula is C20H17F3N4O. The largest absolute Gasteiger partial charge is 0.416 e. The number of H-pyrrole nitrogens is 1. The van der Waals surface area contributed by atoms with Crippen molar-refractivity contribution in [2.75, 3.05) is 6.54 Å². The molecule has 0 atom stereocenters. The Balaban J connectivity index is 1.56. The molecule has 0 saturated carbocycles. The molecule has 144 valence electrons. The van der Waals surface area contributed by atoms with E-state index in [-0.39, 0.29) is 6.42 Å². The van der Waals surface area contributed by atoms with E-state index in [0.717, 1.165) is 40.6 Å². The normalized spacial score (nSPS) is 12.0. The van der Waals surface area contributed by atoms with Crippen molar-refractivity contribution in [3.8, 4) is 11.5 Å². The van der Waals surface area contributed by atoms with Crippen LogP contribution in [-0.2, 0) is 19.0 Å². The molecule has 0 aliphatic rings. The number of benzene rings is 2. The highest BCUT2D eigenvalue weighted by atomic mass is 19.4. The van der Waals surface area contributed by atoms with Crippen LogP contribution >= 0.6 is 0 Å². The number of hydrogen-bond donors (Lipinski definition) is 2. The number of hydrogen-bond acceptors (Lipinski definition) is 4. The first-order valence-corrected chi connectivity index (χ1v) is 8.73. The molecule has 4 aromatic rings. The fourth-order valence-corrected chi connectivity index (χ4v) is 3.11. The zero-order chi connectivity index (χ0) is 19.7. The minimum Gasteiger partial charge on any atom is -0.361 e. The maximum Gasteiger partial charge on any atom is 0.416 e. The second-order valence-electron chi connectivity index (χ2n) is 6.50. The molecule has 0 amide bonds. The second kappa shape index (κ2) is 7.12. The SMILES string of the molecule is NCCc1c[nH]c2ccc(-c3nc(Cc4ccc(C(F)(F)F)cc4)no3)cc12. The van der Waals surface area contributed by atoms with E-state index in [9.17, 15) is 13.2 Å². The molecular weight excluding hydrogens is 369 g/mol. The zero-order valence-electron chi connectivity index (χ0n) is 14.8. The summed E-state index contributed by atoms with van der Waals surface area (Å²) in [6, 6.07) is 10.7. The molecule has 0 spiro atoms. The summed E-state index contributed by atoms with van der Waals surface area (Å²) >= 11 is 0. The third kappa shape index (κ3) is 3.63. The van der Waals surface area contributed by atoms with Gasteiger partial charge in [0.25, 0.3) is 5.89 Å². The lowest BCUT2D eigenvalue weighted by Gasteiger charge is -2.06. The molecule has 4 rings (SSSR count).